The van der Waals surface area contributed by atoms with E-state index in [1.54, 1.807) is 0 Å². The van der Waals surface area contributed by atoms with Gasteiger partial charge < -0.3 is 11.1 Å². The van der Waals surface area contributed by atoms with Gasteiger partial charge in [0.05, 0.1) is 6.54 Å². The third-order valence-electron chi connectivity index (χ3n) is 6.64. The lowest BCUT2D eigenvalue weighted by Crippen LogP contribution is -2.56. The zero-order chi connectivity index (χ0) is 15.3. The van der Waals surface area contributed by atoms with Crippen molar-refractivity contribution in [3.05, 3.63) is 0 Å². The molecule has 1 amide bonds. The number of piperidine rings is 1. The number of carbonyl (C=O) groups is 1. The smallest absolute Gasteiger partial charge is 0.231 e. The van der Waals surface area contributed by atoms with Crippen molar-refractivity contribution < 1.29 is 4.79 Å². The molecule has 3 rings (SSSR count). The normalized spacial score (nSPS) is 39.8. The van der Waals surface area contributed by atoms with Gasteiger partial charge in [0.15, 0.2) is 0 Å². The van der Waals surface area contributed by atoms with Crippen molar-refractivity contribution in [3.63, 3.8) is 0 Å². The van der Waals surface area contributed by atoms with Gasteiger partial charge >= 0.3 is 0 Å². The van der Waals surface area contributed by atoms with Crippen LogP contribution < -0.4 is 11.1 Å². The number of amides is 1. The lowest BCUT2D eigenvalue weighted by Gasteiger charge is -2.46. The van der Waals surface area contributed by atoms with Crippen LogP contribution in [0.3, 0.4) is 0 Å². The fourth-order valence-electron chi connectivity index (χ4n) is 5.43. The summed E-state index contributed by atoms with van der Waals surface area (Å²) in [4.78, 5) is 13.2. The minimum atomic E-state index is -0.205. The Morgan fingerprint density at radius 3 is 2.43 bits per heavy atom. The molecule has 1 saturated heterocycles. The van der Waals surface area contributed by atoms with E-state index >= 15 is 0 Å². The summed E-state index contributed by atoms with van der Waals surface area (Å²) in [6.07, 6.45) is 6.48. The number of hydrogen-bond donors (Lipinski definition) is 2. The van der Waals surface area contributed by atoms with Gasteiger partial charge in [-0.1, -0.05) is 20.8 Å². The summed E-state index contributed by atoms with van der Waals surface area (Å²) in [5, 5.41) is 4.01. The number of primary amides is 1. The van der Waals surface area contributed by atoms with E-state index < -0.39 is 0 Å². The van der Waals surface area contributed by atoms with Gasteiger partial charge in [0.2, 0.25) is 5.91 Å². The fraction of sp³-hybridized carbons (Fsp3) is 0.941. The van der Waals surface area contributed by atoms with Gasteiger partial charge in [-0.2, -0.15) is 0 Å². The molecule has 4 nitrogen and oxygen atoms in total. The van der Waals surface area contributed by atoms with Gasteiger partial charge in [-0.25, -0.2) is 0 Å². The van der Waals surface area contributed by atoms with E-state index in [2.05, 4.69) is 31.0 Å². The van der Waals surface area contributed by atoms with Gasteiger partial charge in [0, 0.05) is 25.2 Å². The van der Waals surface area contributed by atoms with Crippen molar-refractivity contribution in [2.24, 2.45) is 22.5 Å². The van der Waals surface area contributed by atoms with Gasteiger partial charge in [-0.3, -0.25) is 9.69 Å². The van der Waals surface area contributed by atoms with Crippen molar-refractivity contribution in [2.75, 3.05) is 19.6 Å². The van der Waals surface area contributed by atoms with E-state index in [0.29, 0.717) is 29.5 Å². The van der Waals surface area contributed by atoms with Crippen molar-refractivity contribution >= 4 is 5.91 Å². The molecular formula is C17H31N3O. The third kappa shape index (κ3) is 2.72. The maximum atomic E-state index is 11.0. The Bertz CT molecular complexity index is 410. The molecule has 0 spiro atoms. The molecule has 120 valence electrons. The monoisotopic (exact) mass is 293 g/mol. The van der Waals surface area contributed by atoms with E-state index in [4.69, 9.17) is 5.73 Å². The summed E-state index contributed by atoms with van der Waals surface area (Å²) in [5.41, 5.74) is 6.21. The summed E-state index contributed by atoms with van der Waals surface area (Å²) < 4.78 is 0. The highest BCUT2D eigenvalue weighted by Crippen LogP contribution is 2.62. The Morgan fingerprint density at radius 2 is 1.90 bits per heavy atom. The molecule has 0 aromatic carbocycles. The van der Waals surface area contributed by atoms with Crippen LogP contribution in [0.15, 0.2) is 0 Å². The molecule has 1 aliphatic heterocycles. The zero-order valence-electron chi connectivity index (χ0n) is 13.8. The van der Waals surface area contributed by atoms with Crippen LogP contribution in [-0.4, -0.2) is 42.5 Å². The van der Waals surface area contributed by atoms with Gasteiger partial charge in [-0.15, -0.1) is 0 Å². The lowest BCUT2D eigenvalue weighted by molar-refractivity contribution is -0.119. The quantitative estimate of drug-likeness (QED) is 0.830. The highest BCUT2D eigenvalue weighted by Gasteiger charge is 2.59. The predicted molar refractivity (Wildman–Crippen MR) is 84.8 cm³/mol. The van der Waals surface area contributed by atoms with Crippen molar-refractivity contribution in [1.29, 1.82) is 0 Å². The van der Waals surface area contributed by atoms with Gasteiger partial charge in [0.1, 0.15) is 0 Å². The summed E-state index contributed by atoms with van der Waals surface area (Å²) in [5.74, 6) is 0.693. The molecule has 1 unspecified atom stereocenters. The van der Waals surface area contributed by atoms with Crippen molar-refractivity contribution in [1.82, 2.24) is 10.2 Å². The molecule has 21 heavy (non-hydrogen) atoms. The number of rotatable bonds is 4. The minimum absolute atomic E-state index is 0.205. The second-order valence-corrected chi connectivity index (χ2v) is 8.53. The standard InChI is InChI=1S/C17H31N3O/c1-16(2)12-4-7-17(3,10-12)15(16)19-13-5-8-20(9-6-13)11-14(18)21/h12-13,15,19H,4-11H2,1-3H3,(H2,18,21)/t12-,15?,17+/m0/s1. The van der Waals surface area contributed by atoms with Crippen LogP contribution in [0, 0.1) is 16.7 Å². The van der Waals surface area contributed by atoms with E-state index in [-0.39, 0.29) is 5.91 Å². The van der Waals surface area contributed by atoms with Crippen LogP contribution in [-0.2, 0) is 4.79 Å². The largest absolute Gasteiger partial charge is 0.369 e. The number of hydrogen-bond acceptors (Lipinski definition) is 3. The van der Waals surface area contributed by atoms with Crippen LogP contribution in [0.1, 0.15) is 52.9 Å². The molecule has 0 aromatic heterocycles. The molecule has 2 aliphatic carbocycles. The first kappa shape index (κ1) is 15.3. The number of nitrogens with zero attached hydrogens (tertiary/aromatic N) is 1. The van der Waals surface area contributed by atoms with Crippen LogP contribution in [0.25, 0.3) is 0 Å². The molecular weight excluding hydrogens is 262 g/mol. The summed E-state index contributed by atoms with van der Waals surface area (Å²) >= 11 is 0. The Kier molecular flexibility index (Phi) is 3.81. The second-order valence-electron chi connectivity index (χ2n) is 8.53. The molecule has 2 saturated carbocycles. The van der Waals surface area contributed by atoms with E-state index in [1.807, 2.05) is 0 Å². The van der Waals surface area contributed by atoms with Crippen LogP contribution >= 0.6 is 0 Å². The summed E-state index contributed by atoms with van der Waals surface area (Å²) in [6.45, 7) is 9.81. The summed E-state index contributed by atoms with van der Waals surface area (Å²) in [6, 6.07) is 1.26. The van der Waals surface area contributed by atoms with Gasteiger partial charge in [-0.05, 0) is 48.9 Å². The molecule has 4 heteroatoms. The zero-order valence-corrected chi connectivity index (χ0v) is 13.8. The van der Waals surface area contributed by atoms with Crippen LogP contribution in [0.4, 0.5) is 0 Å². The molecule has 1 heterocycles. The molecule has 0 aromatic rings. The van der Waals surface area contributed by atoms with Gasteiger partial charge in [0.25, 0.3) is 0 Å². The molecule has 0 radical (unpaired) electrons. The van der Waals surface area contributed by atoms with Crippen LogP contribution in [0.2, 0.25) is 0 Å². The Hall–Kier alpha value is -0.610. The van der Waals surface area contributed by atoms with Crippen LogP contribution in [0.5, 0.6) is 0 Å². The highest BCUT2D eigenvalue weighted by molar-refractivity contribution is 5.75. The SMILES string of the molecule is CC1(C)C(NC2CCN(CC(N)=O)CC2)[C@]2(C)CC[C@H]1C2. The first-order valence-electron chi connectivity index (χ1n) is 8.58. The third-order valence-corrected chi connectivity index (χ3v) is 6.64. The number of carbonyl (C=O) groups excluding carboxylic acids is 1. The highest BCUT2D eigenvalue weighted by atomic mass is 16.1. The Balaban J connectivity index is 1.57. The Morgan fingerprint density at radius 1 is 1.24 bits per heavy atom. The maximum absolute atomic E-state index is 11.0. The molecule has 3 fully saturated rings. The molecule has 3 N–H and O–H groups in total. The first-order valence-corrected chi connectivity index (χ1v) is 8.58. The minimum Gasteiger partial charge on any atom is -0.369 e. The molecule has 3 atom stereocenters. The maximum Gasteiger partial charge on any atom is 0.231 e. The van der Waals surface area contributed by atoms with Crippen molar-refractivity contribution in [3.8, 4) is 0 Å². The fourth-order valence-corrected chi connectivity index (χ4v) is 5.43. The van der Waals surface area contributed by atoms with E-state index in [1.165, 1.54) is 19.3 Å². The summed E-state index contributed by atoms with van der Waals surface area (Å²) in [7, 11) is 0. The van der Waals surface area contributed by atoms with E-state index in [0.717, 1.165) is 31.8 Å². The Labute approximate surface area is 128 Å². The second kappa shape index (κ2) is 5.24. The lowest BCUT2D eigenvalue weighted by atomic mass is 9.68. The average molecular weight is 293 g/mol. The number of fused-ring (bicyclic) bond motifs is 2. The number of nitrogens with one attached hydrogen (secondary N) is 1. The topological polar surface area (TPSA) is 58.4 Å². The predicted octanol–water partition coefficient (Wildman–Crippen LogP) is 1.74. The number of nitrogens with two attached hydrogens (primary N) is 1. The number of likely N-dealkylation sites (tertiary alicyclic amines) is 1. The van der Waals surface area contributed by atoms with E-state index in [9.17, 15) is 4.79 Å². The van der Waals surface area contributed by atoms with Crippen molar-refractivity contribution in [2.45, 2.75) is 65.0 Å². The molecule has 2 bridgehead atoms. The average Bonchev–Trinajstić information content (AvgIpc) is 2.87. The molecule has 3 aliphatic rings. The first-order chi connectivity index (χ1) is 9.81.